The van der Waals surface area contributed by atoms with Crippen molar-refractivity contribution in [3.05, 3.63) is 36.2 Å². The second-order valence-electron chi connectivity index (χ2n) is 4.08. The third-order valence-electron chi connectivity index (χ3n) is 2.53. The van der Waals surface area contributed by atoms with Crippen LogP contribution >= 0.6 is 0 Å². The van der Waals surface area contributed by atoms with E-state index in [0.717, 1.165) is 22.4 Å². The maximum absolute atomic E-state index is 11.6. The number of pyridine rings is 1. The molecule has 0 aliphatic rings. The summed E-state index contributed by atoms with van der Waals surface area (Å²) in [5.41, 5.74) is 4.18. The average molecular weight is 246 g/mol. The zero-order valence-electron chi connectivity index (χ0n) is 11.3. The van der Waals surface area contributed by atoms with Crippen molar-refractivity contribution in [1.29, 1.82) is 0 Å². The van der Waals surface area contributed by atoms with Crippen LogP contribution in [-0.4, -0.2) is 25.1 Å². The van der Waals surface area contributed by atoms with Crippen LogP contribution in [0.3, 0.4) is 0 Å². The zero-order chi connectivity index (χ0) is 13.9. The van der Waals surface area contributed by atoms with E-state index in [0.29, 0.717) is 5.69 Å². The quantitative estimate of drug-likeness (QED) is 0.830. The van der Waals surface area contributed by atoms with E-state index in [4.69, 9.17) is 4.74 Å². The Morgan fingerprint density at radius 3 is 2.33 bits per heavy atom. The molecule has 0 aliphatic heterocycles. The minimum atomic E-state index is -0.470. The predicted octanol–water partition coefficient (Wildman–Crippen LogP) is 2.98. The molecule has 1 aromatic heterocycles. The predicted molar refractivity (Wildman–Crippen MR) is 74.5 cm³/mol. The number of anilines is 1. The molecule has 0 unspecified atom stereocenters. The normalized spacial score (nSPS) is 9.78. The largest absolute Gasteiger partial charge is 0.464 e. The number of rotatable bonds is 4. The Morgan fingerprint density at radius 1 is 1.33 bits per heavy atom. The molecule has 18 heavy (non-hydrogen) atoms. The van der Waals surface area contributed by atoms with E-state index in [-0.39, 0.29) is 5.69 Å². The van der Waals surface area contributed by atoms with Gasteiger partial charge in [-0.05, 0) is 31.1 Å². The Morgan fingerprint density at radius 2 is 1.94 bits per heavy atom. The van der Waals surface area contributed by atoms with Gasteiger partial charge in [-0.25, -0.2) is 9.78 Å². The molecule has 4 heteroatoms. The third kappa shape index (κ3) is 2.59. The summed E-state index contributed by atoms with van der Waals surface area (Å²) in [5, 5.41) is 3.07. The van der Waals surface area contributed by atoms with Crippen LogP contribution in [0.2, 0.25) is 0 Å². The van der Waals surface area contributed by atoms with Gasteiger partial charge >= 0.3 is 5.97 Å². The number of methoxy groups -OCH3 is 1. The lowest BCUT2D eigenvalue weighted by molar-refractivity contribution is 0.0594. The van der Waals surface area contributed by atoms with Gasteiger partial charge in [-0.3, -0.25) is 0 Å². The minimum Gasteiger partial charge on any atom is -0.464 e. The number of carbonyl (C=O) groups excluding carboxylic acids is 1. The highest BCUT2D eigenvalue weighted by Crippen LogP contribution is 2.29. The molecule has 96 valence electrons. The zero-order valence-corrected chi connectivity index (χ0v) is 11.3. The summed E-state index contributed by atoms with van der Waals surface area (Å²) in [6.07, 6.45) is 0. The lowest BCUT2D eigenvalue weighted by atomic mass is 10.0. The van der Waals surface area contributed by atoms with Gasteiger partial charge in [0.1, 0.15) is 5.69 Å². The van der Waals surface area contributed by atoms with Crippen LogP contribution in [0.5, 0.6) is 0 Å². The van der Waals surface area contributed by atoms with Gasteiger partial charge in [0.05, 0.1) is 18.5 Å². The first-order chi connectivity index (χ1) is 8.42. The second kappa shape index (κ2) is 5.49. The molecule has 0 amide bonds. The highest BCUT2D eigenvalue weighted by atomic mass is 16.5. The molecule has 1 heterocycles. The van der Waals surface area contributed by atoms with Crippen LogP contribution < -0.4 is 5.32 Å². The van der Waals surface area contributed by atoms with E-state index in [1.165, 1.54) is 7.11 Å². The van der Waals surface area contributed by atoms with Gasteiger partial charge in [-0.2, -0.15) is 0 Å². The van der Waals surface area contributed by atoms with Gasteiger partial charge in [0.25, 0.3) is 0 Å². The van der Waals surface area contributed by atoms with Crippen molar-refractivity contribution in [1.82, 2.24) is 4.98 Å². The number of ether oxygens (including phenoxy) is 1. The number of aromatic nitrogens is 1. The number of hydrogen-bond donors (Lipinski definition) is 1. The molecule has 1 N–H and O–H groups in total. The van der Waals surface area contributed by atoms with Crippen LogP contribution in [0.15, 0.2) is 19.2 Å². The standard InChI is InChI=1S/C14H18N2O2/c1-8(2)10-7-11(14(17)18-6)16-12(9(3)4)13(10)15-5/h7,15H,1,3H2,2,4-6H3. The Balaban J connectivity index is 3.58. The molecular formula is C14H18N2O2. The molecule has 0 spiro atoms. The molecule has 0 saturated heterocycles. The first kappa shape index (κ1) is 14.0. The third-order valence-corrected chi connectivity index (χ3v) is 2.53. The van der Waals surface area contributed by atoms with Crippen LogP contribution in [0, 0.1) is 0 Å². The summed E-state index contributed by atoms with van der Waals surface area (Å²) < 4.78 is 4.70. The summed E-state index contributed by atoms with van der Waals surface area (Å²) in [4.78, 5) is 15.9. The number of allylic oxidation sites excluding steroid dienone is 2. The van der Waals surface area contributed by atoms with Crippen LogP contribution in [-0.2, 0) is 4.74 Å². The maximum Gasteiger partial charge on any atom is 0.356 e. The fourth-order valence-electron chi connectivity index (χ4n) is 1.65. The van der Waals surface area contributed by atoms with E-state index in [1.54, 1.807) is 13.1 Å². The molecule has 0 fully saturated rings. The maximum atomic E-state index is 11.6. The van der Waals surface area contributed by atoms with Gasteiger partial charge in [-0.15, -0.1) is 0 Å². The van der Waals surface area contributed by atoms with E-state index < -0.39 is 5.97 Å². The fraction of sp³-hybridized carbons (Fsp3) is 0.286. The lowest BCUT2D eigenvalue weighted by Gasteiger charge is -2.15. The SMILES string of the molecule is C=C(C)c1cc(C(=O)OC)nc(C(=C)C)c1NC. The van der Waals surface area contributed by atoms with Gasteiger partial charge in [0, 0.05) is 12.6 Å². The molecule has 0 aromatic carbocycles. The molecule has 4 nitrogen and oxygen atoms in total. The fourth-order valence-corrected chi connectivity index (χ4v) is 1.65. The van der Waals surface area contributed by atoms with Gasteiger partial charge < -0.3 is 10.1 Å². The highest BCUT2D eigenvalue weighted by molar-refractivity contribution is 5.92. The summed E-state index contributed by atoms with van der Waals surface area (Å²) in [7, 11) is 3.13. The molecule has 0 bridgehead atoms. The molecule has 1 rings (SSSR count). The van der Waals surface area contributed by atoms with Crippen molar-refractivity contribution in [3.63, 3.8) is 0 Å². The summed E-state index contributed by atoms with van der Waals surface area (Å²) in [6.45, 7) is 11.5. The van der Waals surface area contributed by atoms with Gasteiger partial charge in [0.15, 0.2) is 0 Å². The Labute approximate surface area is 107 Å². The Hall–Kier alpha value is -2.10. The number of carbonyl (C=O) groups is 1. The molecule has 0 radical (unpaired) electrons. The van der Waals surface area contributed by atoms with Crippen molar-refractivity contribution in [2.24, 2.45) is 0 Å². The molecule has 0 saturated carbocycles. The summed E-state index contributed by atoms with van der Waals surface area (Å²) >= 11 is 0. The number of nitrogens with zero attached hydrogens (tertiary/aromatic N) is 1. The number of esters is 1. The van der Waals surface area contributed by atoms with Crippen molar-refractivity contribution < 1.29 is 9.53 Å². The molecule has 0 atom stereocenters. The van der Waals surface area contributed by atoms with Crippen molar-refractivity contribution in [3.8, 4) is 0 Å². The first-order valence-corrected chi connectivity index (χ1v) is 5.55. The summed E-state index contributed by atoms with van der Waals surface area (Å²) in [5.74, 6) is -0.470. The Kier molecular flexibility index (Phi) is 4.26. The van der Waals surface area contributed by atoms with Crippen LogP contribution in [0.25, 0.3) is 11.1 Å². The van der Waals surface area contributed by atoms with E-state index in [9.17, 15) is 4.79 Å². The first-order valence-electron chi connectivity index (χ1n) is 5.55. The van der Waals surface area contributed by atoms with Gasteiger partial charge in [-0.1, -0.05) is 13.2 Å². The van der Waals surface area contributed by atoms with E-state index in [2.05, 4.69) is 23.5 Å². The average Bonchev–Trinajstić information content (AvgIpc) is 2.35. The van der Waals surface area contributed by atoms with E-state index in [1.807, 2.05) is 13.8 Å². The van der Waals surface area contributed by atoms with Crippen molar-refractivity contribution in [2.75, 3.05) is 19.5 Å². The molecule has 0 aliphatic carbocycles. The topological polar surface area (TPSA) is 51.2 Å². The monoisotopic (exact) mass is 246 g/mol. The van der Waals surface area contributed by atoms with E-state index >= 15 is 0 Å². The van der Waals surface area contributed by atoms with Crippen molar-refractivity contribution in [2.45, 2.75) is 13.8 Å². The smallest absolute Gasteiger partial charge is 0.356 e. The second-order valence-corrected chi connectivity index (χ2v) is 4.08. The lowest BCUT2D eigenvalue weighted by Crippen LogP contribution is -2.10. The summed E-state index contributed by atoms with van der Waals surface area (Å²) in [6, 6.07) is 1.67. The molecule has 1 aromatic rings. The minimum absolute atomic E-state index is 0.257. The Bertz CT molecular complexity index is 484. The number of hydrogen-bond acceptors (Lipinski definition) is 4. The number of nitrogens with one attached hydrogen (secondary N) is 1. The van der Waals surface area contributed by atoms with Crippen LogP contribution in [0.1, 0.15) is 35.6 Å². The molecular weight excluding hydrogens is 228 g/mol. The van der Waals surface area contributed by atoms with Crippen LogP contribution in [0.4, 0.5) is 5.69 Å². The highest BCUT2D eigenvalue weighted by Gasteiger charge is 2.17. The van der Waals surface area contributed by atoms with Crippen molar-refractivity contribution >= 4 is 22.8 Å². The van der Waals surface area contributed by atoms with Gasteiger partial charge in [0.2, 0.25) is 0 Å².